The number of hydrogen-bond acceptors (Lipinski definition) is 7. The number of anilines is 1. The van der Waals surface area contributed by atoms with Crippen LogP contribution < -0.4 is 25.4 Å². The smallest absolute Gasteiger partial charge is 0.416 e. The molecule has 0 saturated heterocycles. The van der Waals surface area contributed by atoms with Gasteiger partial charge in [0.1, 0.15) is 29.7 Å². The van der Waals surface area contributed by atoms with Gasteiger partial charge in [-0.3, -0.25) is 9.79 Å². The SMILES string of the molecule is CN(C)CCOc1ccc(C(F)(F)F)cc1NC(=O)c1ccc2ccc(OC3=CCNC(C4=NCCN4)=C3)cc2c1. The molecule has 3 N–H and O–H groups in total. The van der Waals surface area contributed by atoms with Crippen LogP contribution >= 0.6 is 0 Å². The van der Waals surface area contributed by atoms with Crippen molar-refractivity contribution in [3.63, 3.8) is 0 Å². The summed E-state index contributed by atoms with van der Waals surface area (Å²) in [5.41, 5.74) is 0.204. The highest BCUT2D eigenvalue weighted by Gasteiger charge is 2.31. The second kappa shape index (κ2) is 11.9. The predicted molar refractivity (Wildman–Crippen MR) is 152 cm³/mol. The lowest BCUT2D eigenvalue weighted by molar-refractivity contribution is -0.137. The van der Waals surface area contributed by atoms with Crippen molar-refractivity contribution in [3.05, 3.63) is 89.3 Å². The van der Waals surface area contributed by atoms with Gasteiger partial charge in [-0.2, -0.15) is 13.2 Å². The fraction of sp³-hybridized carbons (Fsp3) is 0.267. The van der Waals surface area contributed by atoms with Crippen molar-refractivity contribution < 1.29 is 27.4 Å². The predicted octanol–water partition coefficient (Wildman–Crippen LogP) is 4.80. The maximum absolute atomic E-state index is 13.4. The van der Waals surface area contributed by atoms with Crippen LogP contribution in [0.1, 0.15) is 15.9 Å². The number of amidine groups is 1. The molecule has 214 valence electrons. The number of dihydropyridines is 1. The molecule has 0 atom stereocenters. The van der Waals surface area contributed by atoms with Crippen LogP contribution in [0.2, 0.25) is 0 Å². The fourth-order valence-electron chi connectivity index (χ4n) is 4.34. The molecule has 3 aromatic carbocycles. The van der Waals surface area contributed by atoms with Crippen LogP contribution in [0.5, 0.6) is 11.5 Å². The molecular formula is C30H30F3N5O3. The van der Waals surface area contributed by atoms with E-state index in [0.717, 1.165) is 47.5 Å². The molecule has 1 amide bonds. The molecule has 3 aromatic rings. The number of hydrogen-bond donors (Lipinski definition) is 3. The standard InChI is InChI=1S/C30H30F3N5O3/c1-38(2)13-14-40-27-8-6-22(30(31,32)33)17-25(27)37-29(39)20-4-3-19-5-7-23(16-21(19)15-20)41-24-9-10-34-26(18-24)28-35-11-12-36-28/h3-9,15-18,34H,10-14H2,1-2H3,(H,35,36)(H,37,39). The summed E-state index contributed by atoms with van der Waals surface area (Å²) in [5, 5.41) is 10.7. The van der Waals surface area contributed by atoms with E-state index in [1.54, 1.807) is 18.2 Å². The van der Waals surface area contributed by atoms with E-state index >= 15 is 0 Å². The molecular weight excluding hydrogens is 535 g/mol. The molecule has 0 radical (unpaired) electrons. The zero-order chi connectivity index (χ0) is 29.0. The molecule has 0 aliphatic carbocycles. The van der Waals surface area contributed by atoms with Gasteiger partial charge < -0.3 is 30.3 Å². The van der Waals surface area contributed by atoms with Gasteiger partial charge in [-0.25, -0.2) is 0 Å². The number of aliphatic imine (C=N–C) groups is 1. The van der Waals surface area contributed by atoms with Crippen LogP contribution in [0.3, 0.4) is 0 Å². The summed E-state index contributed by atoms with van der Waals surface area (Å²) in [6.07, 6.45) is -0.774. The lowest BCUT2D eigenvalue weighted by Crippen LogP contribution is -2.31. The number of nitrogens with zero attached hydrogens (tertiary/aromatic N) is 2. The van der Waals surface area contributed by atoms with Crippen molar-refractivity contribution in [2.75, 3.05) is 52.2 Å². The van der Waals surface area contributed by atoms with Gasteiger partial charge in [0.25, 0.3) is 5.91 Å². The lowest BCUT2D eigenvalue weighted by Gasteiger charge is -2.17. The summed E-state index contributed by atoms with van der Waals surface area (Å²) in [7, 11) is 3.71. The monoisotopic (exact) mass is 565 g/mol. The number of fused-ring (bicyclic) bond motifs is 1. The zero-order valence-electron chi connectivity index (χ0n) is 22.6. The topological polar surface area (TPSA) is 87.2 Å². The minimum atomic E-state index is -4.57. The molecule has 0 bridgehead atoms. The molecule has 0 spiro atoms. The largest absolute Gasteiger partial charge is 0.490 e. The summed E-state index contributed by atoms with van der Waals surface area (Å²) in [4.78, 5) is 19.5. The van der Waals surface area contributed by atoms with E-state index in [1.807, 2.05) is 49.3 Å². The van der Waals surface area contributed by atoms with E-state index in [1.165, 1.54) is 6.07 Å². The number of allylic oxidation sites excluding steroid dienone is 1. The number of halogens is 3. The molecule has 2 heterocycles. The Morgan fingerprint density at radius 2 is 1.88 bits per heavy atom. The first-order valence-corrected chi connectivity index (χ1v) is 13.1. The molecule has 5 rings (SSSR count). The van der Waals surface area contributed by atoms with Gasteiger partial charge in [0.2, 0.25) is 0 Å². The Hall–Kier alpha value is -4.51. The van der Waals surface area contributed by atoms with Gasteiger partial charge in [0.15, 0.2) is 0 Å². The van der Waals surface area contributed by atoms with Crippen molar-refractivity contribution in [1.29, 1.82) is 0 Å². The highest BCUT2D eigenvalue weighted by Crippen LogP contribution is 2.35. The van der Waals surface area contributed by atoms with Gasteiger partial charge in [-0.15, -0.1) is 0 Å². The van der Waals surface area contributed by atoms with Crippen LogP contribution in [-0.4, -0.2) is 63.5 Å². The number of nitrogens with one attached hydrogen (secondary N) is 3. The van der Waals surface area contributed by atoms with Crippen LogP contribution in [0.15, 0.2) is 83.2 Å². The fourth-order valence-corrected chi connectivity index (χ4v) is 4.34. The van der Waals surface area contributed by atoms with E-state index in [9.17, 15) is 18.0 Å². The summed E-state index contributed by atoms with van der Waals surface area (Å²) in [6, 6.07) is 13.7. The quantitative estimate of drug-likeness (QED) is 0.346. The van der Waals surface area contributed by atoms with Crippen molar-refractivity contribution in [1.82, 2.24) is 15.5 Å². The Balaban J connectivity index is 1.35. The molecule has 41 heavy (non-hydrogen) atoms. The molecule has 0 saturated carbocycles. The number of rotatable bonds is 9. The van der Waals surface area contributed by atoms with E-state index in [-0.39, 0.29) is 23.6 Å². The third-order valence-corrected chi connectivity index (χ3v) is 6.47. The van der Waals surface area contributed by atoms with Gasteiger partial charge >= 0.3 is 6.18 Å². The average Bonchev–Trinajstić information content (AvgIpc) is 3.48. The highest BCUT2D eigenvalue weighted by atomic mass is 19.4. The van der Waals surface area contributed by atoms with Crippen molar-refractivity contribution in [3.8, 4) is 11.5 Å². The highest BCUT2D eigenvalue weighted by molar-refractivity contribution is 6.07. The zero-order valence-corrected chi connectivity index (χ0v) is 22.6. The van der Waals surface area contributed by atoms with Gasteiger partial charge in [0, 0.05) is 31.3 Å². The number of carbonyl (C=O) groups is 1. The maximum atomic E-state index is 13.4. The number of carbonyl (C=O) groups excluding carboxylic acids is 1. The number of amides is 1. The molecule has 0 aromatic heterocycles. The van der Waals surface area contributed by atoms with E-state index in [0.29, 0.717) is 24.6 Å². The second-order valence-electron chi connectivity index (χ2n) is 9.84. The summed E-state index contributed by atoms with van der Waals surface area (Å²) < 4.78 is 52.0. The molecule has 0 unspecified atom stereocenters. The van der Waals surface area contributed by atoms with Crippen molar-refractivity contribution in [2.24, 2.45) is 4.99 Å². The van der Waals surface area contributed by atoms with Crippen LogP contribution in [0.4, 0.5) is 18.9 Å². The second-order valence-corrected chi connectivity index (χ2v) is 9.84. The first kappa shape index (κ1) is 28.0. The Morgan fingerprint density at radius 1 is 1.05 bits per heavy atom. The molecule has 8 nitrogen and oxygen atoms in total. The van der Waals surface area contributed by atoms with Crippen molar-refractivity contribution >= 4 is 28.2 Å². The number of ether oxygens (including phenoxy) is 2. The van der Waals surface area contributed by atoms with Crippen LogP contribution in [-0.2, 0) is 6.18 Å². The summed E-state index contributed by atoms with van der Waals surface area (Å²) >= 11 is 0. The van der Waals surface area contributed by atoms with Crippen LogP contribution in [0, 0.1) is 0 Å². The first-order chi connectivity index (χ1) is 19.7. The summed E-state index contributed by atoms with van der Waals surface area (Å²) in [6.45, 7) is 2.92. The Labute approximate surface area is 235 Å². The molecule has 11 heteroatoms. The summed E-state index contributed by atoms with van der Waals surface area (Å²) in [5.74, 6) is 1.64. The number of benzene rings is 3. The Bertz CT molecular complexity index is 1550. The molecule has 0 fully saturated rings. The van der Waals surface area contributed by atoms with Gasteiger partial charge in [-0.1, -0.05) is 12.1 Å². The van der Waals surface area contributed by atoms with E-state index in [4.69, 9.17) is 9.47 Å². The van der Waals surface area contributed by atoms with Crippen LogP contribution in [0.25, 0.3) is 10.8 Å². The molecule has 2 aliphatic heterocycles. The maximum Gasteiger partial charge on any atom is 0.416 e. The first-order valence-electron chi connectivity index (χ1n) is 13.1. The minimum Gasteiger partial charge on any atom is -0.490 e. The Kier molecular flexibility index (Phi) is 8.16. The van der Waals surface area contributed by atoms with Crippen molar-refractivity contribution in [2.45, 2.75) is 6.18 Å². The minimum absolute atomic E-state index is 0.0532. The number of alkyl halides is 3. The normalized spacial score (nSPS) is 15.0. The average molecular weight is 566 g/mol. The third kappa shape index (κ3) is 6.98. The number of likely N-dealkylation sites (N-methyl/N-ethyl adjacent to an activating group) is 1. The lowest BCUT2D eigenvalue weighted by atomic mass is 10.1. The molecule has 2 aliphatic rings. The van der Waals surface area contributed by atoms with Gasteiger partial charge in [-0.05, 0) is 73.4 Å². The third-order valence-electron chi connectivity index (χ3n) is 6.47. The van der Waals surface area contributed by atoms with Gasteiger partial charge in [0.05, 0.1) is 23.5 Å². The Morgan fingerprint density at radius 3 is 2.63 bits per heavy atom. The van der Waals surface area contributed by atoms with E-state index in [2.05, 4.69) is 20.9 Å². The van der Waals surface area contributed by atoms with E-state index < -0.39 is 17.6 Å².